The first-order valence-corrected chi connectivity index (χ1v) is 12.2. The number of carboxylic acids is 2. The quantitative estimate of drug-likeness (QED) is 0.310. The van der Waals surface area contributed by atoms with E-state index >= 15 is 0 Å². The zero-order chi connectivity index (χ0) is 24.2. The molecule has 0 saturated carbocycles. The number of carbonyl (C=O) groups is 2. The number of halogens is 1. The van der Waals surface area contributed by atoms with Gasteiger partial charge in [-0.25, -0.2) is 14.8 Å². The molecule has 0 unspecified atom stereocenters. The Morgan fingerprint density at radius 1 is 0.909 bits per heavy atom. The maximum absolute atomic E-state index is 10.6. The Morgan fingerprint density at radius 3 is 2.18 bits per heavy atom. The number of nitrogens with zero attached hydrogens (tertiary/aromatic N) is 2. The highest BCUT2D eigenvalue weighted by Crippen LogP contribution is 2.30. The number of aromatic nitrogens is 2. The fourth-order valence-electron chi connectivity index (χ4n) is 2.56. The largest absolute Gasteiger partial charge is 0.481 e. The molecule has 0 atom stereocenters. The first kappa shape index (κ1) is 26.2. The highest BCUT2D eigenvalue weighted by atomic mass is 35.5. The van der Waals surface area contributed by atoms with Crippen molar-refractivity contribution in [3.63, 3.8) is 0 Å². The molecule has 0 amide bonds. The van der Waals surface area contributed by atoms with Gasteiger partial charge in [0.25, 0.3) is 0 Å². The number of benzene rings is 2. The van der Waals surface area contributed by atoms with Gasteiger partial charge in [0.15, 0.2) is 5.69 Å². The van der Waals surface area contributed by atoms with E-state index in [1.807, 2.05) is 62.4 Å². The van der Waals surface area contributed by atoms with E-state index < -0.39 is 11.9 Å². The number of aliphatic carboxylic acids is 1. The van der Waals surface area contributed by atoms with Crippen LogP contribution in [-0.2, 0) is 17.6 Å². The van der Waals surface area contributed by atoms with Crippen molar-refractivity contribution in [2.75, 3.05) is 0 Å². The molecule has 0 aliphatic heterocycles. The van der Waals surface area contributed by atoms with Crippen molar-refractivity contribution in [2.24, 2.45) is 0 Å². The average molecular weight is 503 g/mol. The van der Waals surface area contributed by atoms with Crippen LogP contribution in [0, 0.1) is 0 Å². The lowest BCUT2D eigenvalue weighted by molar-refractivity contribution is -0.136. The maximum atomic E-state index is 10.6. The highest BCUT2D eigenvalue weighted by molar-refractivity contribution is 7.13. The van der Waals surface area contributed by atoms with E-state index in [-0.39, 0.29) is 12.1 Å². The van der Waals surface area contributed by atoms with E-state index in [9.17, 15) is 9.59 Å². The Kier molecular flexibility index (Phi) is 10.7. The fraction of sp³-hybridized carbons (Fsp3) is 0.167. The Labute approximate surface area is 205 Å². The lowest BCUT2D eigenvalue weighted by Crippen LogP contribution is -1.99. The van der Waals surface area contributed by atoms with Crippen LogP contribution in [-0.4, -0.2) is 32.1 Å². The predicted octanol–water partition coefficient (Wildman–Crippen LogP) is 6.55. The fourth-order valence-corrected chi connectivity index (χ4v) is 4.50. The topological polar surface area (TPSA) is 100 Å². The van der Waals surface area contributed by atoms with E-state index in [4.69, 9.17) is 21.8 Å². The van der Waals surface area contributed by atoms with Crippen molar-refractivity contribution in [3.8, 4) is 10.6 Å². The van der Waals surface area contributed by atoms with Crippen molar-refractivity contribution in [3.05, 3.63) is 92.3 Å². The van der Waals surface area contributed by atoms with Crippen molar-refractivity contribution < 1.29 is 19.8 Å². The van der Waals surface area contributed by atoms with E-state index in [2.05, 4.69) is 9.97 Å². The zero-order valence-electron chi connectivity index (χ0n) is 18.1. The summed E-state index contributed by atoms with van der Waals surface area (Å²) in [6.45, 7) is 4.00. The summed E-state index contributed by atoms with van der Waals surface area (Å²) in [5.74, 6) is -1.85. The molecular formula is C24H23ClN2O4S2. The summed E-state index contributed by atoms with van der Waals surface area (Å²) in [5.41, 5.74) is 2.67. The minimum Gasteiger partial charge on any atom is -0.481 e. The van der Waals surface area contributed by atoms with Gasteiger partial charge in [-0.05, 0) is 11.6 Å². The number of thiazole rings is 2. The standard InChI is InChI=1S/C11H8ClNO2S.C11H9NO2S.C2H6/c12-9-4-2-1-3-8(9)11-13-7(6-16-11)5-10(14)15;13-11(14)9-7-15-10(12-9)6-8-4-2-1-3-5-8;1-2/h1-4,6H,5H2,(H,14,15);1-5,7H,6H2,(H,13,14);1-2H3. The molecule has 2 aromatic carbocycles. The van der Waals surface area contributed by atoms with Crippen LogP contribution in [0.1, 0.15) is 40.6 Å². The van der Waals surface area contributed by atoms with Gasteiger partial charge < -0.3 is 10.2 Å². The van der Waals surface area contributed by atoms with Gasteiger partial charge in [-0.3, -0.25) is 4.79 Å². The van der Waals surface area contributed by atoms with E-state index in [0.29, 0.717) is 17.1 Å². The molecule has 33 heavy (non-hydrogen) atoms. The summed E-state index contributed by atoms with van der Waals surface area (Å²) in [6.07, 6.45) is 0.639. The maximum Gasteiger partial charge on any atom is 0.355 e. The molecule has 0 aliphatic carbocycles. The number of hydrogen-bond donors (Lipinski definition) is 2. The smallest absolute Gasteiger partial charge is 0.355 e. The van der Waals surface area contributed by atoms with Crippen LogP contribution in [0.5, 0.6) is 0 Å². The third-order valence-corrected chi connectivity index (χ3v) is 6.06. The average Bonchev–Trinajstić information content (AvgIpc) is 3.46. The molecule has 2 aromatic heterocycles. The monoisotopic (exact) mass is 502 g/mol. The second-order valence-corrected chi connectivity index (χ2v) is 8.50. The van der Waals surface area contributed by atoms with E-state index in [1.165, 1.54) is 22.7 Å². The van der Waals surface area contributed by atoms with Gasteiger partial charge in [0.2, 0.25) is 0 Å². The summed E-state index contributed by atoms with van der Waals surface area (Å²) in [7, 11) is 0. The molecule has 0 saturated heterocycles. The Bertz CT molecular complexity index is 1180. The molecule has 0 spiro atoms. The zero-order valence-corrected chi connectivity index (χ0v) is 20.5. The second kappa shape index (κ2) is 13.5. The van der Waals surface area contributed by atoms with Gasteiger partial charge in [0, 0.05) is 22.7 Å². The van der Waals surface area contributed by atoms with Crippen molar-refractivity contribution in [2.45, 2.75) is 26.7 Å². The molecule has 4 aromatic rings. The number of rotatable bonds is 6. The van der Waals surface area contributed by atoms with Crippen molar-refractivity contribution in [1.29, 1.82) is 0 Å². The van der Waals surface area contributed by atoms with Crippen LogP contribution in [0.4, 0.5) is 0 Å². The normalized spacial score (nSPS) is 9.79. The van der Waals surface area contributed by atoms with Gasteiger partial charge in [0.1, 0.15) is 5.01 Å². The van der Waals surface area contributed by atoms with Crippen molar-refractivity contribution >= 4 is 46.2 Å². The predicted molar refractivity (Wildman–Crippen MR) is 134 cm³/mol. The van der Waals surface area contributed by atoms with Crippen LogP contribution < -0.4 is 0 Å². The van der Waals surface area contributed by atoms with Crippen LogP contribution in [0.2, 0.25) is 5.02 Å². The Hall–Kier alpha value is -3.07. The van der Waals surface area contributed by atoms with Gasteiger partial charge in [0.05, 0.1) is 22.1 Å². The number of hydrogen-bond acceptors (Lipinski definition) is 6. The molecule has 172 valence electrons. The summed E-state index contributed by atoms with van der Waals surface area (Å²) in [6, 6.07) is 17.2. The lowest BCUT2D eigenvalue weighted by atomic mass is 10.2. The molecule has 2 N–H and O–H groups in total. The SMILES string of the molecule is CC.O=C(O)Cc1csc(-c2ccccc2Cl)n1.O=C(O)c1csc(Cc2ccccc2)n1. The highest BCUT2D eigenvalue weighted by Gasteiger charge is 2.10. The second-order valence-electron chi connectivity index (χ2n) is 6.29. The minimum atomic E-state index is -0.967. The van der Waals surface area contributed by atoms with Crippen molar-refractivity contribution in [1.82, 2.24) is 9.97 Å². The van der Waals surface area contributed by atoms with Gasteiger partial charge >= 0.3 is 11.9 Å². The number of carboxylic acid groups (broad SMARTS) is 2. The van der Waals surface area contributed by atoms with E-state index in [1.54, 1.807) is 16.8 Å². The molecule has 0 fully saturated rings. The first-order chi connectivity index (χ1) is 15.9. The summed E-state index contributed by atoms with van der Waals surface area (Å²) < 4.78 is 0. The summed E-state index contributed by atoms with van der Waals surface area (Å²) in [4.78, 5) is 29.4. The third-order valence-electron chi connectivity index (χ3n) is 3.96. The lowest BCUT2D eigenvalue weighted by Gasteiger charge is -1.98. The molecule has 0 bridgehead atoms. The van der Waals surface area contributed by atoms with Crippen LogP contribution in [0.25, 0.3) is 10.6 Å². The number of aromatic carboxylic acids is 1. The van der Waals surface area contributed by atoms with Gasteiger partial charge in [-0.2, -0.15) is 0 Å². The minimum absolute atomic E-state index is 0.0546. The Morgan fingerprint density at radius 2 is 1.58 bits per heavy atom. The van der Waals surface area contributed by atoms with Crippen LogP contribution >= 0.6 is 34.3 Å². The molecule has 4 rings (SSSR count). The van der Waals surface area contributed by atoms with Crippen LogP contribution in [0.3, 0.4) is 0 Å². The molecule has 9 heteroatoms. The third kappa shape index (κ3) is 8.42. The van der Waals surface area contributed by atoms with Gasteiger partial charge in [-0.1, -0.05) is 74.0 Å². The molecule has 2 heterocycles. The van der Waals surface area contributed by atoms with E-state index in [0.717, 1.165) is 21.1 Å². The molecule has 6 nitrogen and oxygen atoms in total. The molecule has 0 aliphatic rings. The Balaban J connectivity index is 0.000000218. The molecular weight excluding hydrogens is 480 g/mol. The van der Waals surface area contributed by atoms with Gasteiger partial charge in [-0.15, -0.1) is 22.7 Å². The first-order valence-electron chi connectivity index (χ1n) is 10.0. The molecule has 0 radical (unpaired) electrons. The summed E-state index contributed by atoms with van der Waals surface area (Å²) in [5, 5.41) is 22.9. The van der Waals surface area contributed by atoms with Crippen LogP contribution in [0.15, 0.2) is 65.4 Å². The summed E-state index contributed by atoms with van der Waals surface area (Å²) >= 11 is 8.80.